The quantitative estimate of drug-likeness (QED) is 0.459. The molecule has 7 rings (SSSR count). The summed E-state index contributed by atoms with van der Waals surface area (Å²) < 4.78 is 30.0. The van der Waals surface area contributed by atoms with Gasteiger partial charge in [-0.05, 0) is 63.6 Å². The highest BCUT2D eigenvalue weighted by Gasteiger charge is 2.52. The number of nitrogens with one attached hydrogen (secondary N) is 1. The first-order valence-corrected chi connectivity index (χ1v) is 12.8. The predicted molar refractivity (Wildman–Crippen MR) is 126 cm³/mol. The molecule has 2 bridgehead atoms. The summed E-state index contributed by atoms with van der Waals surface area (Å²) in [6.07, 6.45) is 8.84. The van der Waals surface area contributed by atoms with Crippen LogP contribution in [0.5, 0.6) is 0 Å². The highest BCUT2D eigenvalue weighted by Crippen LogP contribution is 2.53. The molecule has 34 heavy (non-hydrogen) atoms. The highest BCUT2D eigenvalue weighted by atomic mass is 32.2. The summed E-state index contributed by atoms with van der Waals surface area (Å²) in [4.78, 5) is 20.8. The minimum absolute atomic E-state index is 0.166. The standard InChI is InChI=1S/C24H25N5O4S/c1-16-2-4-18(5-3-16)34(32,33)28-13-6-19-20(28)25-14-17-15-26-21(29(17)19)23-7-10-24(11-8-23,12-9-23)27-22(30)31/h2-6,13-15,27H,7-12H2,1H3,(H,30,31). The molecule has 3 fully saturated rings. The largest absolute Gasteiger partial charge is 0.465 e. The smallest absolute Gasteiger partial charge is 0.405 e. The highest BCUT2D eigenvalue weighted by molar-refractivity contribution is 7.90. The number of nitrogens with zero attached hydrogens (tertiary/aromatic N) is 4. The fourth-order valence-corrected chi connectivity index (χ4v) is 7.15. The zero-order chi connectivity index (χ0) is 23.7. The molecule has 176 valence electrons. The number of hydrogen-bond donors (Lipinski definition) is 2. The van der Waals surface area contributed by atoms with E-state index in [-0.39, 0.29) is 15.8 Å². The van der Waals surface area contributed by atoms with E-state index in [0.717, 1.165) is 55.4 Å². The summed E-state index contributed by atoms with van der Waals surface area (Å²) in [6.45, 7) is 1.91. The van der Waals surface area contributed by atoms with E-state index in [4.69, 9.17) is 4.98 Å². The van der Waals surface area contributed by atoms with Gasteiger partial charge in [0, 0.05) is 17.2 Å². The third kappa shape index (κ3) is 2.97. The SMILES string of the molecule is Cc1ccc(S(=O)(=O)n2ccc3c2ncc2cnc(C45CCC(NC(=O)O)(CC4)CC5)n23)cc1. The van der Waals surface area contributed by atoms with Crippen LogP contribution in [0.1, 0.15) is 49.9 Å². The third-order valence-electron chi connectivity index (χ3n) is 7.83. The molecule has 0 aliphatic heterocycles. The van der Waals surface area contributed by atoms with Gasteiger partial charge in [0.05, 0.1) is 28.3 Å². The average Bonchev–Trinajstić information content (AvgIpc) is 3.45. The maximum atomic E-state index is 13.4. The zero-order valence-electron chi connectivity index (χ0n) is 18.7. The molecule has 0 unspecified atom stereocenters. The first-order valence-electron chi connectivity index (χ1n) is 11.4. The van der Waals surface area contributed by atoms with Crippen molar-refractivity contribution in [2.45, 2.75) is 61.3 Å². The van der Waals surface area contributed by atoms with Crippen LogP contribution in [-0.4, -0.2) is 43.5 Å². The number of imidazole rings is 1. The number of carbonyl (C=O) groups is 1. The lowest BCUT2D eigenvalue weighted by molar-refractivity contribution is 0.0701. The van der Waals surface area contributed by atoms with Crippen molar-refractivity contribution in [1.82, 2.24) is 23.7 Å². The summed E-state index contributed by atoms with van der Waals surface area (Å²) in [5.41, 5.74) is 2.34. The van der Waals surface area contributed by atoms with E-state index in [1.165, 1.54) is 3.97 Å². The third-order valence-corrected chi connectivity index (χ3v) is 9.51. The van der Waals surface area contributed by atoms with E-state index < -0.39 is 16.1 Å². The Morgan fingerprint density at radius 3 is 2.29 bits per heavy atom. The second kappa shape index (κ2) is 7.05. The summed E-state index contributed by atoms with van der Waals surface area (Å²) >= 11 is 0. The molecule has 10 heteroatoms. The van der Waals surface area contributed by atoms with Crippen molar-refractivity contribution in [3.63, 3.8) is 0 Å². The first kappa shape index (κ1) is 21.2. The van der Waals surface area contributed by atoms with E-state index in [2.05, 4.69) is 10.3 Å². The first-order chi connectivity index (χ1) is 16.2. The van der Waals surface area contributed by atoms with Crippen molar-refractivity contribution >= 4 is 32.8 Å². The molecule has 3 saturated carbocycles. The minimum Gasteiger partial charge on any atom is -0.465 e. The number of aromatic nitrogens is 4. The topological polar surface area (TPSA) is 119 Å². The van der Waals surface area contributed by atoms with Gasteiger partial charge < -0.3 is 10.4 Å². The van der Waals surface area contributed by atoms with Gasteiger partial charge in [0.25, 0.3) is 10.0 Å². The Morgan fingerprint density at radius 1 is 1.00 bits per heavy atom. The van der Waals surface area contributed by atoms with Gasteiger partial charge in [-0.2, -0.15) is 0 Å². The summed E-state index contributed by atoms with van der Waals surface area (Å²) in [7, 11) is -3.80. The second-order valence-corrected chi connectivity index (χ2v) is 11.5. The molecule has 3 heterocycles. The lowest BCUT2D eigenvalue weighted by atomic mass is 9.57. The van der Waals surface area contributed by atoms with Crippen molar-refractivity contribution in [2.24, 2.45) is 0 Å². The van der Waals surface area contributed by atoms with Gasteiger partial charge >= 0.3 is 6.09 Å². The number of benzene rings is 1. The molecule has 3 aromatic heterocycles. The van der Waals surface area contributed by atoms with Gasteiger partial charge in [-0.25, -0.2) is 27.2 Å². The maximum Gasteiger partial charge on any atom is 0.405 e. The second-order valence-electron chi connectivity index (χ2n) is 9.73. The van der Waals surface area contributed by atoms with Crippen LogP contribution in [0.2, 0.25) is 0 Å². The Labute approximate surface area is 196 Å². The molecule has 1 aromatic carbocycles. The molecule has 4 aromatic rings. The summed E-state index contributed by atoms with van der Waals surface area (Å²) in [6, 6.07) is 8.56. The van der Waals surface area contributed by atoms with E-state index in [9.17, 15) is 18.3 Å². The molecule has 1 amide bonds. The van der Waals surface area contributed by atoms with Gasteiger partial charge in [-0.3, -0.25) is 4.40 Å². The molecule has 0 spiro atoms. The monoisotopic (exact) mass is 479 g/mol. The fraction of sp³-hybridized carbons (Fsp3) is 0.375. The molecular formula is C24H25N5O4S. The zero-order valence-corrected chi connectivity index (χ0v) is 19.5. The van der Waals surface area contributed by atoms with E-state index in [1.54, 1.807) is 48.9 Å². The number of fused-ring (bicyclic) bond motifs is 6. The van der Waals surface area contributed by atoms with Crippen LogP contribution >= 0.6 is 0 Å². The molecule has 0 radical (unpaired) electrons. The molecular weight excluding hydrogens is 454 g/mol. The van der Waals surface area contributed by atoms with Crippen LogP contribution < -0.4 is 5.32 Å². The molecule has 2 N–H and O–H groups in total. The number of carboxylic acid groups (broad SMARTS) is 1. The van der Waals surface area contributed by atoms with Crippen molar-refractivity contribution in [3.05, 3.63) is 60.3 Å². The Bertz CT molecular complexity index is 1530. The summed E-state index contributed by atoms with van der Waals surface area (Å²) in [5.74, 6) is 0.906. The molecule has 0 atom stereocenters. The molecule has 9 nitrogen and oxygen atoms in total. The fourth-order valence-electron chi connectivity index (χ4n) is 5.86. The predicted octanol–water partition coefficient (Wildman–Crippen LogP) is 3.84. The van der Waals surface area contributed by atoms with Gasteiger partial charge in [-0.15, -0.1) is 0 Å². The van der Waals surface area contributed by atoms with Crippen molar-refractivity contribution in [2.75, 3.05) is 0 Å². The Kier molecular flexibility index (Phi) is 4.39. The Hall–Kier alpha value is -3.40. The van der Waals surface area contributed by atoms with Crippen LogP contribution in [0, 0.1) is 6.92 Å². The number of hydrogen-bond acceptors (Lipinski definition) is 5. The van der Waals surface area contributed by atoms with Gasteiger partial charge in [0.1, 0.15) is 5.82 Å². The molecule has 0 saturated heterocycles. The van der Waals surface area contributed by atoms with Gasteiger partial charge in [0.15, 0.2) is 5.65 Å². The maximum absolute atomic E-state index is 13.4. The van der Waals surface area contributed by atoms with Crippen LogP contribution in [-0.2, 0) is 15.4 Å². The number of amides is 1. The van der Waals surface area contributed by atoms with Crippen LogP contribution in [0.4, 0.5) is 4.79 Å². The van der Waals surface area contributed by atoms with Crippen molar-refractivity contribution in [1.29, 1.82) is 0 Å². The van der Waals surface area contributed by atoms with Crippen molar-refractivity contribution in [3.8, 4) is 0 Å². The lowest BCUT2D eigenvalue weighted by Crippen LogP contribution is -2.57. The van der Waals surface area contributed by atoms with Gasteiger partial charge in [0.2, 0.25) is 0 Å². The number of aryl methyl sites for hydroxylation is 1. The Balaban J connectivity index is 1.45. The van der Waals surface area contributed by atoms with Crippen LogP contribution in [0.3, 0.4) is 0 Å². The number of rotatable bonds is 4. The average molecular weight is 480 g/mol. The molecule has 3 aliphatic rings. The lowest BCUT2D eigenvalue weighted by Gasteiger charge is -2.52. The van der Waals surface area contributed by atoms with E-state index in [0.29, 0.717) is 11.2 Å². The Morgan fingerprint density at radius 2 is 1.65 bits per heavy atom. The van der Waals surface area contributed by atoms with E-state index in [1.807, 2.05) is 11.3 Å². The van der Waals surface area contributed by atoms with Gasteiger partial charge in [-0.1, -0.05) is 17.7 Å². The minimum atomic E-state index is -3.80. The normalized spacial score (nSPS) is 24.6. The van der Waals surface area contributed by atoms with Crippen LogP contribution in [0.15, 0.2) is 53.8 Å². The van der Waals surface area contributed by atoms with Crippen LogP contribution in [0.25, 0.3) is 16.7 Å². The van der Waals surface area contributed by atoms with E-state index >= 15 is 0 Å². The van der Waals surface area contributed by atoms with Crippen molar-refractivity contribution < 1.29 is 18.3 Å². The summed E-state index contributed by atoms with van der Waals surface area (Å²) in [5, 5.41) is 12.0. The molecule has 3 aliphatic carbocycles.